The van der Waals surface area contributed by atoms with E-state index in [0.717, 1.165) is 6.54 Å². The van der Waals surface area contributed by atoms with Crippen molar-refractivity contribution in [2.24, 2.45) is 0 Å². The second-order valence-electron chi connectivity index (χ2n) is 1.82. The highest BCUT2D eigenvalue weighted by atomic mass is 14.9. The molecule has 0 fully saturated rings. The van der Waals surface area contributed by atoms with Crippen LogP contribution in [0.4, 0.5) is 0 Å². The molecule has 8 heavy (non-hydrogen) atoms. The summed E-state index contributed by atoms with van der Waals surface area (Å²) >= 11 is 0. The molecule has 0 aliphatic rings. The van der Waals surface area contributed by atoms with Crippen LogP contribution >= 0.6 is 0 Å². The highest BCUT2D eigenvalue weighted by molar-refractivity contribution is 4.76. The molecular formula is C6H12N2. The first-order valence-electron chi connectivity index (χ1n) is 2.91. The summed E-state index contributed by atoms with van der Waals surface area (Å²) < 4.78 is 0. The van der Waals surface area contributed by atoms with Crippen LogP contribution in [0.25, 0.3) is 0 Å². The summed E-state index contributed by atoms with van der Waals surface area (Å²) in [6, 6.07) is 2.44. The highest BCUT2D eigenvalue weighted by Gasteiger charge is 1.94. The predicted octanol–water partition coefficient (Wildman–Crippen LogP) is 0.898. The summed E-state index contributed by atoms with van der Waals surface area (Å²) in [5, 5.41) is 11.3. The van der Waals surface area contributed by atoms with E-state index in [2.05, 4.69) is 11.4 Å². The fourth-order valence-corrected chi connectivity index (χ4v) is 0.558. The Labute approximate surface area is 50.5 Å². The fourth-order valence-electron chi connectivity index (χ4n) is 0.558. The first-order valence-corrected chi connectivity index (χ1v) is 2.91. The molecule has 1 atom stereocenters. The third-order valence-electron chi connectivity index (χ3n) is 0.950. The maximum Gasteiger partial charge on any atom is 0.0638 e. The predicted molar refractivity (Wildman–Crippen MR) is 33.4 cm³/mol. The summed E-state index contributed by atoms with van der Waals surface area (Å²) in [5.41, 5.74) is 0. The van der Waals surface area contributed by atoms with E-state index in [0.29, 0.717) is 12.5 Å². The van der Waals surface area contributed by atoms with E-state index in [1.807, 2.05) is 13.8 Å². The summed E-state index contributed by atoms with van der Waals surface area (Å²) in [6.07, 6.45) is 0.605. The zero-order valence-electron chi connectivity index (χ0n) is 5.44. The molecule has 0 heterocycles. The molecular weight excluding hydrogens is 100 g/mol. The average molecular weight is 112 g/mol. The molecule has 0 aromatic heterocycles. The van der Waals surface area contributed by atoms with Crippen molar-refractivity contribution in [3.63, 3.8) is 0 Å². The summed E-state index contributed by atoms with van der Waals surface area (Å²) in [4.78, 5) is 0. The van der Waals surface area contributed by atoms with Crippen LogP contribution in [0.5, 0.6) is 0 Å². The largest absolute Gasteiger partial charge is 0.314 e. The van der Waals surface area contributed by atoms with Crippen molar-refractivity contribution in [1.29, 1.82) is 5.26 Å². The molecule has 1 unspecified atom stereocenters. The minimum atomic E-state index is 0.352. The lowest BCUT2D eigenvalue weighted by Gasteiger charge is -2.04. The van der Waals surface area contributed by atoms with Gasteiger partial charge in [-0.25, -0.2) is 0 Å². The van der Waals surface area contributed by atoms with Gasteiger partial charge in [-0.3, -0.25) is 0 Å². The lowest BCUT2D eigenvalue weighted by atomic mass is 10.2. The van der Waals surface area contributed by atoms with Crippen LogP contribution in [0.2, 0.25) is 0 Å². The topological polar surface area (TPSA) is 35.8 Å². The molecule has 1 N–H and O–H groups in total. The van der Waals surface area contributed by atoms with Crippen LogP contribution in [0.3, 0.4) is 0 Å². The van der Waals surface area contributed by atoms with Gasteiger partial charge in [-0.2, -0.15) is 5.26 Å². The van der Waals surface area contributed by atoms with Gasteiger partial charge in [0.25, 0.3) is 0 Å². The van der Waals surface area contributed by atoms with Crippen LogP contribution in [0.15, 0.2) is 0 Å². The van der Waals surface area contributed by atoms with Crippen LogP contribution < -0.4 is 5.32 Å². The Bertz CT molecular complexity index is 83.0. The van der Waals surface area contributed by atoms with Crippen molar-refractivity contribution in [3.8, 4) is 6.07 Å². The first kappa shape index (κ1) is 7.45. The van der Waals surface area contributed by atoms with Gasteiger partial charge in [0.1, 0.15) is 0 Å². The van der Waals surface area contributed by atoms with Crippen molar-refractivity contribution in [2.75, 3.05) is 6.54 Å². The van der Waals surface area contributed by atoms with Crippen LogP contribution in [0, 0.1) is 11.3 Å². The van der Waals surface area contributed by atoms with E-state index in [1.54, 1.807) is 0 Å². The molecule has 46 valence electrons. The lowest BCUT2D eigenvalue weighted by Crippen LogP contribution is -2.24. The van der Waals surface area contributed by atoms with Gasteiger partial charge in [-0.1, -0.05) is 6.92 Å². The minimum absolute atomic E-state index is 0.352. The minimum Gasteiger partial charge on any atom is -0.314 e. The fraction of sp³-hybridized carbons (Fsp3) is 0.833. The average Bonchev–Trinajstić information content (AvgIpc) is 1.68. The van der Waals surface area contributed by atoms with E-state index in [9.17, 15) is 0 Å². The van der Waals surface area contributed by atoms with Crippen molar-refractivity contribution in [1.82, 2.24) is 5.32 Å². The monoisotopic (exact) mass is 112 g/mol. The standard InChI is InChI=1S/C6H12N2/c1-3-8-6(2)4-5-7/h6,8H,3-4H2,1-2H3. The summed E-state index contributed by atoms with van der Waals surface area (Å²) in [5.74, 6) is 0. The number of nitrogens with one attached hydrogen (secondary N) is 1. The van der Waals surface area contributed by atoms with Crippen molar-refractivity contribution in [3.05, 3.63) is 0 Å². The van der Waals surface area contributed by atoms with Crippen molar-refractivity contribution >= 4 is 0 Å². The number of nitriles is 1. The molecule has 0 aromatic rings. The number of hydrogen-bond donors (Lipinski definition) is 1. The summed E-state index contributed by atoms with van der Waals surface area (Å²) in [6.45, 7) is 4.99. The lowest BCUT2D eigenvalue weighted by molar-refractivity contribution is 0.578. The molecule has 0 radical (unpaired) electrons. The molecule has 2 heteroatoms. The third-order valence-corrected chi connectivity index (χ3v) is 0.950. The van der Waals surface area contributed by atoms with Gasteiger partial charge in [0, 0.05) is 6.04 Å². The van der Waals surface area contributed by atoms with Gasteiger partial charge < -0.3 is 5.32 Å². The molecule has 0 saturated heterocycles. The molecule has 0 aliphatic carbocycles. The van der Waals surface area contributed by atoms with E-state index >= 15 is 0 Å². The first-order chi connectivity index (χ1) is 3.81. The van der Waals surface area contributed by atoms with Crippen LogP contribution in [0.1, 0.15) is 20.3 Å². The Morgan fingerprint density at radius 2 is 2.38 bits per heavy atom. The van der Waals surface area contributed by atoms with Crippen LogP contribution in [-0.4, -0.2) is 12.6 Å². The quantitative estimate of drug-likeness (QED) is 0.588. The van der Waals surface area contributed by atoms with E-state index in [1.165, 1.54) is 0 Å². The molecule has 0 rings (SSSR count). The van der Waals surface area contributed by atoms with Crippen molar-refractivity contribution < 1.29 is 0 Å². The van der Waals surface area contributed by atoms with Gasteiger partial charge >= 0.3 is 0 Å². The maximum absolute atomic E-state index is 8.17. The highest BCUT2D eigenvalue weighted by Crippen LogP contribution is 1.84. The maximum atomic E-state index is 8.17. The van der Waals surface area contributed by atoms with Gasteiger partial charge in [-0.15, -0.1) is 0 Å². The normalized spacial score (nSPS) is 12.6. The molecule has 0 spiro atoms. The number of hydrogen-bond acceptors (Lipinski definition) is 2. The SMILES string of the molecule is CCNC(C)CC#N. The van der Waals surface area contributed by atoms with Crippen molar-refractivity contribution in [2.45, 2.75) is 26.3 Å². The Morgan fingerprint density at radius 3 is 2.75 bits per heavy atom. The van der Waals surface area contributed by atoms with Gasteiger partial charge in [-0.05, 0) is 13.5 Å². The van der Waals surface area contributed by atoms with E-state index < -0.39 is 0 Å². The molecule has 0 saturated carbocycles. The molecule has 2 nitrogen and oxygen atoms in total. The molecule has 0 aromatic carbocycles. The summed E-state index contributed by atoms with van der Waals surface area (Å²) in [7, 11) is 0. The van der Waals surface area contributed by atoms with E-state index in [4.69, 9.17) is 5.26 Å². The van der Waals surface area contributed by atoms with Gasteiger partial charge in [0.15, 0.2) is 0 Å². The molecule has 0 bridgehead atoms. The van der Waals surface area contributed by atoms with Gasteiger partial charge in [0.2, 0.25) is 0 Å². The van der Waals surface area contributed by atoms with Crippen LogP contribution in [-0.2, 0) is 0 Å². The Hall–Kier alpha value is -0.550. The Morgan fingerprint density at radius 1 is 1.75 bits per heavy atom. The molecule has 0 amide bonds. The molecule has 0 aliphatic heterocycles. The smallest absolute Gasteiger partial charge is 0.0638 e. The zero-order chi connectivity index (χ0) is 6.41. The second kappa shape index (κ2) is 4.61. The number of rotatable bonds is 3. The zero-order valence-corrected chi connectivity index (χ0v) is 5.44. The number of nitrogens with zero attached hydrogens (tertiary/aromatic N) is 1. The second-order valence-corrected chi connectivity index (χ2v) is 1.82. The Balaban J connectivity index is 3.08. The van der Waals surface area contributed by atoms with E-state index in [-0.39, 0.29) is 0 Å². The third kappa shape index (κ3) is 3.63. The Kier molecular flexibility index (Phi) is 4.29. The van der Waals surface area contributed by atoms with Gasteiger partial charge in [0.05, 0.1) is 12.5 Å².